The van der Waals surface area contributed by atoms with Crippen LogP contribution in [0.5, 0.6) is 11.5 Å². The van der Waals surface area contributed by atoms with E-state index in [2.05, 4.69) is 50.6 Å². The highest BCUT2D eigenvalue weighted by Crippen LogP contribution is 2.36. The van der Waals surface area contributed by atoms with Crippen molar-refractivity contribution in [2.45, 2.75) is 32.7 Å². The van der Waals surface area contributed by atoms with Crippen molar-refractivity contribution in [1.29, 1.82) is 0 Å². The summed E-state index contributed by atoms with van der Waals surface area (Å²) in [6.07, 6.45) is 4.11. The molecule has 1 aromatic heterocycles. The maximum absolute atomic E-state index is 5.54. The average molecular weight is 396 g/mol. The summed E-state index contributed by atoms with van der Waals surface area (Å²) in [4.78, 5) is 16.4. The van der Waals surface area contributed by atoms with E-state index in [1.54, 1.807) is 6.33 Å². The Labute approximate surface area is 172 Å². The summed E-state index contributed by atoms with van der Waals surface area (Å²) in [6, 6.07) is 6.97. The van der Waals surface area contributed by atoms with E-state index in [9.17, 15) is 0 Å². The van der Waals surface area contributed by atoms with Crippen LogP contribution in [0.4, 0.5) is 11.5 Å². The second-order valence-electron chi connectivity index (χ2n) is 8.19. The molecule has 7 nitrogen and oxygen atoms in total. The SMILES string of the molecule is Cc1ncnc(N2CCN(C3CCN(c4ccc5c(c4)OCO5)CC3)CC2)c1C. The number of piperidine rings is 1. The molecule has 154 valence electrons. The van der Waals surface area contributed by atoms with Crippen molar-refractivity contribution >= 4 is 11.5 Å². The summed E-state index contributed by atoms with van der Waals surface area (Å²) < 4.78 is 11.0. The number of piperazine rings is 1. The second-order valence-corrected chi connectivity index (χ2v) is 8.19. The first kappa shape index (κ1) is 18.5. The largest absolute Gasteiger partial charge is 0.454 e. The third kappa shape index (κ3) is 3.59. The fourth-order valence-corrected chi connectivity index (χ4v) is 4.71. The lowest BCUT2D eigenvalue weighted by atomic mass is 10.0. The minimum absolute atomic E-state index is 0.334. The van der Waals surface area contributed by atoms with Crippen LogP contribution in [0.25, 0.3) is 0 Å². The Morgan fingerprint density at radius 1 is 0.862 bits per heavy atom. The molecule has 4 heterocycles. The molecule has 1 aromatic carbocycles. The Hall–Kier alpha value is -2.54. The Bertz CT molecular complexity index is 874. The highest BCUT2D eigenvalue weighted by atomic mass is 16.7. The van der Waals surface area contributed by atoms with Crippen LogP contribution in [0.3, 0.4) is 0 Å². The molecular formula is C22H29N5O2. The first-order valence-corrected chi connectivity index (χ1v) is 10.6. The smallest absolute Gasteiger partial charge is 0.231 e. The van der Waals surface area contributed by atoms with Crippen LogP contribution >= 0.6 is 0 Å². The van der Waals surface area contributed by atoms with Gasteiger partial charge in [0.25, 0.3) is 0 Å². The van der Waals surface area contributed by atoms with E-state index in [0.29, 0.717) is 12.8 Å². The summed E-state index contributed by atoms with van der Waals surface area (Å²) in [5, 5.41) is 0. The van der Waals surface area contributed by atoms with Gasteiger partial charge in [0.15, 0.2) is 11.5 Å². The van der Waals surface area contributed by atoms with Gasteiger partial charge in [0.1, 0.15) is 12.1 Å². The van der Waals surface area contributed by atoms with Gasteiger partial charge in [0.05, 0.1) is 0 Å². The quantitative estimate of drug-likeness (QED) is 0.792. The van der Waals surface area contributed by atoms with Crippen molar-refractivity contribution in [3.8, 4) is 11.5 Å². The molecule has 0 aliphatic carbocycles. The van der Waals surface area contributed by atoms with E-state index >= 15 is 0 Å². The number of anilines is 2. The molecule has 0 N–H and O–H groups in total. The molecule has 3 aliphatic heterocycles. The molecule has 2 saturated heterocycles. The summed E-state index contributed by atoms with van der Waals surface area (Å²) >= 11 is 0. The van der Waals surface area contributed by atoms with Crippen LogP contribution in [0.15, 0.2) is 24.5 Å². The van der Waals surface area contributed by atoms with Crippen molar-refractivity contribution in [3.05, 3.63) is 35.8 Å². The second kappa shape index (κ2) is 7.71. The Morgan fingerprint density at radius 3 is 2.41 bits per heavy atom. The lowest BCUT2D eigenvalue weighted by molar-refractivity contribution is 0.159. The van der Waals surface area contributed by atoms with E-state index in [1.807, 2.05) is 6.07 Å². The van der Waals surface area contributed by atoms with Gasteiger partial charge in [-0.1, -0.05) is 0 Å². The number of ether oxygens (including phenoxy) is 2. The number of fused-ring (bicyclic) bond motifs is 1. The van der Waals surface area contributed by atoms with Gasteiger partial charge in [0.2, 0.25) is 6.79 Å². The topological polar surface area (TPSA) is 54.0 Å². The van der Waals surface area contributed by atoms with Gasteiger partial charge in [0, 0.05) is 68.3 Å². The summed E-state index contributed by atoms with van der Waals surface area (Å²) in [6.45, 7) is 11.0. The molecule has 0 atom stereocenters. The van der Waals surface area contributed by atoms with Gasteiger partial charge in [-0.2, -0.15) is 0 Å². The summed E-state index contributed by atoms with van der Waals surface area (Å²) in [5.41, 5.74) is 3.53. The highest BCUT2D eigenvalue weighted by molar-refractivity contribution is 5.57. The monoisotopic (exact) mass is 395 g/mol. The third-order valence-corrected chi connectivity index (χ3v) is 6.63. The number of benzene rings is 1. The molecule has 2 fully saturated rings. The molecule has 0 saturated carbocycles. The normalized spacial score (nSPS) is 20.3. The van der Waals surface area contributed by atoms with Crippen molar-refractivity contribution in [3.63, 3.8) is 0 Å². The first-order valence-electron chi connectivity index (χ1n) is 10.6. The predicted molar refractivity (Wildman–Crippen MR) is 113 cm³/mol. The summed E-state index contributed by atoms with van der Waals surface area (Å²) in [5.74, 6) is 2.83. The van der Waals surface area contributed by atoms with Gasteiger partial charge in [-0.3, -0.25) is 4.90 Å². The number of hydrogen-bond acceptors (Lipinski definition) is 7. The summed E-state index contributed by atoms with van der Waals surface area (Å²) in [7, 11) is 0. The molecule has 0 amide bonds. The predicted octanol–water partition coefficient (Wildman–Crippen LogP) is 2.61. The van der Waals surface area contributed by atoms with E-state index in [0.717, 1.165) is 62.3 Å². The minimum atomic E-state index is 0.334. The molecule has 7 heteroatoms. The zero-order valence-electron chi connectivity index (χ0n) is 17.3. The number of aromatic nitrogens is 2. The van der Waals surface area contributed by atoms with Gasteiger partial charge < -0.3 is 19.3 Å². The first-order chi connectivity index (χ1) is 14.2. The lowest BCUT2D eigenvalue weighted by Gasteiger charge is -2.43. The molecule has 0 unspecified atom stereocenters. The van der Waals surface area contributed by atoms with Crippen LogP contribution in [0.2, 0.25) is 0 Å². The zero-order valence-corrected chi connectivity index (χ0v) is 17.3. The van der Waals surface area contributed by atoms with Crippen molar-refractivity contribution in [1.82, 2.24) is 14.9 Å². The standard InChI is InChI=1S/C22H29N5O2/c1-16-17(2)23-14-24-22(16)27-11-9-26(10-12-27)18-5-7-25(8-6-18)19-3-4-20-21(13-19)29-15-28-20/h3-4,13-14,18H,5-12,15H2,1-2H3. The van der Waals surface area contributed by atoms with E-state index in [1.165, 1.54) is 24.1 Å². The van der Waals surface area contributed by atoms with Gasteiger partial charge in [-0.15, -0.1) is 0 Å². The molecule has 0 spiro atoms. The van der Waals surface area contributed by atoms with Crippen molar-refractivity contribution in [2.24, 2.45) is 0 Å². The number of aryl methyl sites for hydroxylation is 1. The van der Waals surface area contributed by atoms with Gasteiger partial charge in [-0.25, -0.2) is 9.97 Å². The fraction of sp³-hybridized carbons (Fsp3) is 0.545. The van der Waals surface area contributed by atoms with E-state index in [4.69, 9.17) is 9.47 Å². The minimum Gasteiger partial charge on any atom is -0.454 e. The van der Waals surface area contributed by atoms with E-state index in [-0.39, 0.29) is 0 Å². The van der Waals surface area contributed by atoms with Crippen LogP contribution < -0.4 is 19.3 Å². The van der Waals surface area contributed by atoms with E-state index < -0.39 is 0 Å². The van der Waals surface area contributed by atoms with Gasteiger partial charge >= 0.3 is 0 Å². The maximum atomic E-state index is 5.54. The maximum Gasteiger partial charge on any atom is 0.231 e. The van der Waals surface area contributed by atoms with Crippen molar-refractivity contribution in [2.75, 3.05) is 55.9 Å². The lowest BCUT2D eigenvalue weighted by Crippen LogP contribution is -2.53. The van der Waals surface area contributed by atoms with Crippen LogP contribution in [-0.4, -0.2) is 67.0 Å². The Morgan fingerprint density at radius 2 is 1.62 bits per heavy atom. The number of rotatable bonds is 3. The fourth-order valence-electron chi connectivity index (χ4n) is 4.71. The van der Waals surface area contributed by atoms with Crippen LogP contribution in [0.1, 0.15) is 24.1 Å². The van der Waals surface area contributed by atoms with Crippen LogP contribution in [-0.2, 0) is 0 Å². The third-order valence-electron chi connectivity index (χ3n) is 6.63. The zero-order chi connectivity index (χ0) is 19.8. The molecule has 0 radical (unpaired) electrons. The highest BCUT2D eigenvalue weighted by Gasteiger charge is 2.29. The Kier molecular flexibility index (Phi) is 4.91. The molecule has 3 aliphatic rings. The molecule has 5 rings (SSSR count). The molecule has 2 aromatic rings. The average Bonchev–Trinajstić information content (AvgIpc) is 3.24. The molecular weight excluding hydrogens is 366 g/mol. The number of nitrogens with zero attached hydrogens (tertiary/aromatic N) is 5. The molecule has 0 bridgehead atoms. The Balaban J connectivity index is 1.16. The van der Waals surface area contributed by atoms with Crippen molar-refractivity contribution < 1.29 is 9.47 Å². The molecule has 29 heavy (non-hydrogen) atoms. The number of hydrogen-bond donors (Lipinski definition) is 0. The van der Waals surface area contributed by atoms with Crippen LogP contribution in [0, 0.1) is 13.8 Å². The van der Waals surface area contributed by atoms with Gasteiger partial charge in [-0.05, 0) is 38.8 Å².